The number of carbonyl (C=O) groups is 2. The zero-order valence-electron chi connectivity index (χ0n) is 13.8. The third-order valence-corrected chi connectivity index (χ3v) is 4.77. The number of aliphatic hydroxyl groups excluding tert-OH is 1. The Hall–Kier alpha value is -2.49. The Bertz CT molecular complexity index is 771. The van der Waals surface area contributed by atoms with Crippen molar-refractivity contribution in [2.24, 2.45) is 0 Å². The molecular weight excluding hydrogens is 364 g/mol. The summed E-state index contributed by atoms with van der Waals surface area (Å²) in [5.41, 5.74) is 0.253. The van der Waals surface area contributed by atoms with Gasteiger partial charge in [-0.2, -0.15) is 0 Å². The summed E-state index contributed by atoms with van der Waals surface area (Å²) >= 11 is 6.14. The fourth-order valence-electron chi connectivity index (χ4n) is 3.06. The van der Waals surface area contributed by atoms with Crippen LogP contribution >= 0.6 is 11.6 Å². The number of piperazine rings is 1. The van der Waals surface area contributed by atoms with E-state index in [1.807, 2.05) is 0 Å². The highest BCUT2D eigenvalue weighted by Gasteiger charge is 2.42. The smallest absolute Gasteiger partial charge is 0.283 e. The van der Waals surface area contributed by atoms with Crippen LogP contribution in [0, 0.1) is 10.1 Å². The first-order valence-corrected chi connectivity index (χ1v) is 8.43. The number of nitro benzene ring substituents is 1. The Kier molecular flexibility index (Phi) is 5.21. The normalized spacial score (nSPS) is 18.8. The van der Waals surface area contributed by atoms with Gasteiger partial charge < -0.3 is 10.0 Å². The first-order valence-electron chi connectivity index (χ1n) is 8.05. The highest BCUT2D eigenvalue weighted by molar-refractivity contribution is 6.52. The van der Waals surface area contributed by atoms with Gasteiger partial charge in [0.1, 0.15) is 10.7 Å². The molecule has 1 aromatic carbocycles. The van der Waals surface area contributed by atoms with E-state index in [1.165, 1.54) is 24.3 Å². The number of β-amino-alcohol motifs (C(OH)–C–C–N with tert-alkyl or cyclic N) is 1. The van der Waals surface area contributed by atoms with Crippen molar-refractivity contribution in [2.75, 3.05) is 44.2 Å². The number of halogens is 1. The summed E-state index contributed by atoms with van der Waals surface area (Å²) in [4.78, 5) is 40.2. The van der Waals surface area contributed by atoms with E-state index in [9.17, 15) is 19.7 Å². The van der Waals surface area contributed by atoms with Crippen molar-refractivity contribution in [1.82, 2.24) is 9.80 Å². The van der Waals surface area contributed by atoms with Crippen LogP contribution in [-0.4, -0.2) is 71.0 Å². The minimum absolute atomic E-state index is 0.0643. The Morgan fingerprint density at radius 2 is 1.69 bits per heavy atom. The number of rotatable bonds is 5. The third kappa shape index (κ3) is 3.28. The first-order chi connectivity index (χ1) is 12.4. The van der Waals surface area contributed by atoms with Crippen LogP contribution < -0.4 is 4.90 Å². The lowest BCUT2D eigenvalue weighted by atomic mass is 10.2. The summed E-state index contributed by atoms with van der Waals surface area (Å²) < 4.78 is 0. The number of nitro groups is 1. The molecule has 0 bridgehead atoms. The molecule has 0 spiro atoms. The lowest BCUT2D eigenvalue weighted by Crippen LogP contribution is -2.48. The first kappa shape index (κ1) is 18.3. The van der Waals surface area contributed by atoms with Crippen molar-refractivity contribution in [3.8, 4) is 0 Å². The number of hydrogen-bond donors (Lipinski definition) is 1. The molecule has 9 nitrogen and oxygen atoms in total. The number of anilines is 1. The Labute approximate surface area is 154 Å². The van der Waals surface area contributed by atoms with E-state index in [0.717, 1.165) is 4.90 Å². The average molecular weight is 381 g/mol. The van der Waals surface area contributed by atoms with Crippen LogP contribution in [0.4, 0.5) is 11.4 Å². The predicted octanol–water partition coefficient (Wildman–Crippen LogP) is 0.528. The largest absolute Gasteiger partial charge is 0.395 e. The van der Waals surface area contributed by atoms with Gasteiger partial charge >= 0.3 is 0 Å². The van der Waals surface area contributed by atoms with Crippen LogP contribution in [0.1, 0.15) is 0 Å². The number of imide groups is 1. The molecule has 138 valence electrons. The SMILES string of the molecule is O=C1C(Cl)=C(N2CCN(CCO)CC2)C(=O)N1c1ccc([N+](=O)[O-])cc1. The second-order valence-electron chi connectivity index (χ2n) is 5.93. The van der Waals surface area contributed by atoms with Gasteiger partial charge in [-0.3, -0.25) is 24.6 Å². The monoisotopic (exact) mass is 380 g/mol. The number of benzene rings is 1. The van der Waals surface area contributed by atoms with Crippen LogP contribution in [0.3, 0.4) is 0 Å². The lowest BCUT2D eigenvalue weighted by Gasteiger charge is -2.35. The highest BCUT2D eigenvalue weighted by Crippen LogP contribution is 2.32. The van der Waals surface area contributed by atoms with Crippen molar-refractivity contribution >= 4 is 34.8 Å². The maximum atomic E-state index is 12.8. The summed E-state index contributed by atoms with van der Waals surface area (Å²) in [7, 11) is 0. The predicted molar refractivity (Wildman–Crippen MR) is 93.6 cm³/mol. The van der Waals surface area contributed by atoms with Gasteiger partial charge in [0.2, 0.25) is 0 Å². The van der Waals surface area contributed by atoms with Crippen molar-refractivity contribution in [1.29, 1.82) is 0 Å². The van der Waals surface area contributed by atoms with E-state index in [1.54, 1.807) is 4.90 Å². The maximum Gasteiger partial charge on any atom is 0.283 e. The number of hydrogen-bond acceptors (Lipinski definition) is 7. The van der Waals surface area contributed by atoms with E-state index in [2.05, 4.69) is 4.90 Å². The fourth-order valence-corrected chi connectivity index (χ4v) is 3.34. The summed E-state index contributed by atoms with van der Waals surface area (Å²) in [6.07, 6.45) is 0. The summed E-state index contributed by atoms with van der Waals surface area (Å²) in [5, 5.41) is 19.6. The van der Waals surface area contributed by atoms with Crippen molar-refractivity contribution in [2.45, 2.75) is 0 Å². The van der Waals surface area contributed by atoms with Gasteiger partial charge in [0.15, 0.2) is 0 Å². The molecule has 2 heterocycles. The molecule has 3 rings (SSSR count). The molecule has 1 saturated heterocycles. The fraction of sp³-hybridized carbons (Fsp3) is 0.375. The molecular formula is C16H17ClN4O5. The van der Waals surface area contributed by atoms with E-state index in [0.29, 0.717) is 32.7 Å². The molecule has 2 aliphatic heterocycles. The van der Waals surface area contributed by atoms with Crippen molar-refractivity contribution < 1.29 is 19.6 Å². The van der Waals surface area contributed by atoms with Gasteiger partial charge in [-0.15, -0.1) is 0 Å². The molecule has 0 aromatic heterocycles. The van der Waals surface area contributed by atoms with E-state index >= 15 is 0 Å². The second-order valence-corrected chi connectivity index (χ2v) is 6.31. The number of carbonyl (C=O) groups excluding carboxylic acids is 2. The minimum atomic E-state index is -0.640. The molecule has 0 radical (unpaired) electrons. The molecule has 26 heavy (non-hydrogen) atoms. The molecule has 2 amide bonds. The molecule has 0 saturated carbocycles. The summed E-state index contributed by atoms with van der Waals surface area (Å²) in [6.45, 7) is 2.94. The standard InChI is InChI=1S/C16H17ClN4O5/c17-13-14(19-7-5-18(6-8-19)9-10-22)16(24)20(15(13)23)11-1-3-12(4-2-11)21(25)26/h1-4,22H,5-10H2. The van der Waals surface area contributed by atoms with Crippen LogP contribution in [0.15, 0.2) is 35.0 Å². The lowest BCUT2D eigenvalue weighted by molar-refractivity contribution is -0.384. The van der Waals surface area contributed by atoms with E-state index in [-0.39, 0.29) is 28.7 Å². The van der Waals surface area contributed by atoms with Crippen LogP contribution in [-0.2, 0) is 9.59 Å². The zero-order valence-corrected chi connectivity index (χ0v) is 14.6. The van der Waals surface area contributed by atoms with E-state index in [4.69, 9.17) is 16.7 Å². The van der Waals surface area contributed by atoms with Gasteiger partial charge in [-0.05, 0) is 12.1 Å². The third-order valence-electron chi connectivity index (χ3n) is 4.43. The number of aliphatic hydroxyl groups is 1. The zero-order chi connectivity index (χ0) is 18.8. The molecule has 2 aliphatic rings. The van der Waals surface area contributed by atoms with Gasteiger partial charge in [-0.1, -0.05) is 11.6 Å². The van der Waals surface area contributed by atoms with Crippen LogP contribution in [0.5, 0.6) is 0 Å². The average Bonchev–Trinajstić information content (AvgIpc) is 2.85. The van der Waals surface area contributed by atoms with Crippen molar-refractivity contribution in [3.05, 3.63) is 45.1 Å². The van der Waals surface area contributed by atoms with Crippen LogP contribution in [0.2, 0.25) is 0 Å². The Morgan fingerprint density at radius 1 is 1.08 bits per heavy atom. The molecule has 0 aliphatic carbocycles. The van der Waals surface area contributed by atoms with E-state index < -0.39 is 16.7 Å². The van der Waals surface area contributed by atoms with Crippen LogP contribution in [0.25, 0.3) is 0 Å². The Morgan fingerprint density at radius 3 is 2.23 bits per heavy atom. The maximum absolute atomic E-state index is 12.8. The minimum Gasteiger partial charge on any atom is -0.395 e. The van der Waals surface area contributed by atoms with Gasteiger partial charge in [0, 0.05) is 44.9 Å². The molecule has 1 fully saturated rings. The topological polar surface area (TPSA) is 107 Å². The highest BCUT2D eigenvalue weighted by atomic mass is 35.5. The number of non-ortho nitro benzene ring substituents is 1. The molecule has 1 aromatic rings. The molecule has 1 N–H and O–H groups in total. The van der Waals surface area contributed by atoms with Gasteiger partial charge in [-0.25, -0.2) is 4.90 Å². The quantitative estimate of drug-likeness (QED) is 0.451. The Balaban J connectivity index is 1.78. The van der Waals surface area contributed by atoms with Gasteiger partial charge in [0.05, 0.1) is 17.2 Å². The molecule has 0 unspecified atom stereocenters. The van der Waals surface area contributed by atoms with Crippen molar-refractivity contribution in [3.63, 3.8) is 0 Å². The van der Waals surface area contributed by atoms with Gasteiger partial charge in [0.25, 0.3) is 17.5 Å². The second kappa shape index (κ2) is 7.40. The number of amides is 2. The summed E-state index contributed by atoms with van der Waals surface area (Å²) in [5.74, 6) is -1.18. The number of nitrogens with zero attached hydrogens (tertiary/aromatic N) is 4. The molecule has 10 heteroatoms. The molecule has 0 atom stereocenters. The summed E-state index contributed by atoms with van der Waals surface area (Å²) in [6, 6.07) is 5.16.